The minimum atomic E-state index is -0.813. The number of halogens is 1. The van der Waals surface area contributed by atoms with E-state index >= 15 is 0 Å². The van der Waals surface area contributed by atoms with Crippen LogP contribution in [0.3, 0.4) is 0 Å². The van der Waals surface area contributed by atoms with Crippen molar-refractivity contribution in [1.29, 1.82) is 0 Å². The Morgan fingerprint density at radius 1 is 1.10 bits per heavy atom. The number of carbonyl (C=O) groups excluding carboxylic acids is 2. The maximum absolute atomic E-state index is 13.0. The van der Waals surface area contributed by atoms with E-state index in [0.29, 0.717) is 40.6 Å². The zero-order valence-electron chi connectivity index (χ0n) is 25.1. The van der Waals surface area contributed by atoms with Crippen LogP contribution in [0.25, 0.3) is 0 Å². The van der Waals surface area contributed by atoms with Gasteiger partial charge >= 0.3 is 0 Å². The fraction of sp³-hybridized carbons (Fsp3) is 0.758. The summed E-state index contributed by atoms with van der Waals surface area (Å²) in [5, 5.41) is 21.8. The van der Waals surface area contributed by atoms with E-state index in [1.54, 1.807) is 12.1 Å². The van der Waals surface area contributed by atoms with E-state index in [4.69, 9.17) is 11.6 Å². The molecule has 1 aromatic carbocycles. The quantitative estimate of drug-likeness (QED) is 0.160. The Labute approximate surface area is 254 Å². The summed E-state index contributed by atoms with van der Waals surface area (Å²) < 4.78 is 0. The van der Waals surface area contributed by atoms with Crippen LogP contribution in [0.2, 0.25) is 0 Å². The highest BCUT2D eigenvalue weighted by molar-refractivity contribution is 6.33. The Bertz CT molecular complexity index is 1230. The molecular formula is C33H46ClN3O5. The minimum absolute atomic E-state index is 0.0351. The Hall–Kier alpha value is -2.19. The van der Waals surface area contributed by atoms with Crippen molar-refractivity contribution in [2.24, 2.45) is 46.3 Å². The molecule has 42 heavy (non-hydrogen) atoms. The van der Waals surface area contributed by atoms with E-state index in [1.165, 1.54) is 62.1 Å². The number of aliphatic hydroxyl groups is 1. The van der Waals surface area contributed by atoms with E-state index in [2.05, 4.69) is 26.2 Å². The van der Waals surface area contributed by atoms with Crippen molar-refractivity contribution in [3.63, 3.8) is 0 Å². The molecule has 0 aromatic heterocycles. The van der Waals surface area contributed by atoms with Crippen LogP contribution in [0, 0.1) is 56.5 Å². The van der Waals surface area contributed by atoms with Crippen LogP contribution in [-0.2, 0) is 9.59 Å². The zero-order chi connectivity index (χ0) is 30.0. The number of hydrogen-bond donors (Lipinski definition) is 2. The van der Waals surface area contributed by atoms with E-state index in [-0.39, 0.29) is 23.6 Å². The first-order valence-electron chi connectivity index (χ1n) is 16.1. The van der Waals surface area contributed by atoms with Crippen LogP contribution in [0.1, 0.15) is 103 Å². The predicted octanol–water partition coefficient (Wildman–Crippen LogP) is 6.55. The number of nitrogens with zero attached hydrogens (tertiary/aromatic N) is 2. The number of hydrogen-bond acceptors (Lipinski definition) is 5. The summed E-state index contributed by atoms with van der Waals surface area (Å²) in [7, 11) is 0. The number of β-lactam (4-membered cyclic amide) rings is 1. The molecule has 5 aliphatic rings. The molecular weight excluding hydrogens is 554 g/mol. The van der Waals surface area contributed by atoms with Crippen molar-refractivity contribution in [2.75, 3.05) is 0 Å². The maximum Gasteiger partial charge on any atom is 0.269 e. The van der Waals surface area contributed by atoms with Crippen molar-refractivity contribution < 1.29 is 19.6 Å². The Balaban J connectivity index is 1.05. The van der Waals surface area contributed by atoms with Gasteiger partial charge in [-0.15, -0.1) is 11.6 Å². The van der Waals surface area contributed by atoms with E-state index in [9.17, 15) is 24.8 Å². The first-order valence-corrected chi connectivity index (χ1v) is 16.6. The van der Waals surface area contributed by atoms with Crippen LogP contribution in [0.15, 0.2) is 24.3 Å². The van der Waals surface area contributed by atoms with Gasteiger partial charge in [0.05, 0.1) is 11.0 Å². The lowest BCUT2D eigenvalue weighted by Gasteiger charge is -2.61. The average Bonchev–Trinajstić information content (AvgIpc) is 3.33. The molecule has 4 saturated carbocycles. The van der Waals surface area contributed by atoms with Gasteiger partial charge in [-0.25, -0.2) is 5.01 Å². The molecule has 6 rings (SSSR count). The SMILES string of the molecule is C[C@H](CCC(=O)NN1C(=O)[C@H](Cl)[C@H]1c1ccc([N+](=O)[O-])cc1)[C@H]1CC[C@H]2[C@@H]3CC[C@H]4C[C@H](O)CC[C@]4(C)[C@H]3CC[C@]12C. The second-order valence-corrected chi connectivity index (χ2v) is 15.2. The van der Waals surface area contributed by atoms with Gasteiger partial charge in [0.15, 0.2) is 0 Å². The van der Waals surface area contributed by atoms with Crippen molar-refractivity contribution in [3.8, 4) is 0 Å². The Morgan fingerprint density at radius 2 is 1.79 bits per heavy atom. The first-order chi connectivity index (χ1) is 19.9. The van der Waals surface area contributed by atoms with Gasteiger partial charge in [0.2, 0.25) is 5.91 Å². The third-order valence-corrected chi connectivity index (χ3v) is 13.4. The molecule has 0 unspecified atom stereocenters. The number of non-ortho nitro benzene ring substituents is 1. The minimum Gasteiger partial charge on any atom is -0.393 e. The molecule has 1 heterocycles. The fourth-order valence-electron chi connectivity index (χ4n) is 10.7. The Kier molecular flexibility index (Phi) is 7.87. The molecule has 2 N–H and O–H groups in total. The molecule has 9 heteroatoms. The van der Waals surface area contributed by atoms with Gasteiger partial charge in [-0.1, -0.05) is 20.8 Å². The topological polar surface area (TPSA) is 113 Å². The molecule has 1 aromatic rings. The smallest absolute Gasteiger partial charge is 0.269 e. The zero-order valence-corrected chi connectivity index (χ0v) is 25.9. The third-order valence-electron chi connectivity index (χ3n) is 12.9. The van der Waals surface area contributed by atoms with Gasteiger partial charge in [0.25, 0.3) is 11.6 Å². The molecule has 11 atom stereocenters. The normalized spacial score (nSPS) is 41.6. The van der Waals surface area contributed by atoms with Crippen LogP contribution >= 0.6 is 11.6 Å². The van der Waals surface area contributed by atoms with Gasteiger partial charge in [-0.05, 0) is 128 Å². The molecule has 0 spiro atoms. The van der Waals surface area contributed by atoms with E-state index in [0.717, 1.165) is 37.0 Å². The summed E-state index contributed by atoms with van der Waals surface area (Å²) in [6, 6.07) is 5.40. The molecule has 2 amide bonds. The lowest BCUT2D eigenvalue weighted by atomic mass is 9.44. The number of hydrazine groups is 1. The fourth-order valence-corrected chi connectivity index (χ4v) is 11.0. The van der Waals surface area contributed by atoms with Crippen LogP contribution in [0.5, 0.6) is 0 Å². The van der Waals surface area contributed by atoms with Crippen molar-refractivity contribution >= 4 is 29.1 Å². The summed E-state index contributed by atoms with van der Waals surface area (Å²) >= 11 is 6.29. The maximum atomic E-state index is 13.0. The van der Waals surface area contributed by atoms with Gasteiger partial charge < -0.3 is 5.11 Å². The van der Waals surface area contributed by atoms with Gasteiger partial charge in [-0.2, -0.15) is 0 Å². The number of amides is 2. The molecule has 0 bridgehead atoms. The molecule has 1 aliphatic heterocycles. The van der Waals surface area contributed by atoms with Crippen LogP contribution < -0.4 is 5.43 Å². The number of benzene rings is 1. The molecule has 5 fully saturated rings. The predicted molar refractivity (Wildman–Crippen MR) is 160 cm³/mol. The highest BCUT2D eigenvalue weighted by Gasteiger charge is 2.60. The van der Waals surface area contributed by atoms with Gasteiger partial charge in [0.1, 0.15) is 11.4 Å². The summed E-state index contributed by atoms with van der Waals surface area (Å²) in [6.45, 7) is 7.38. The summed E-state index contributed by atoms with van der Waals surface area (Å²) in [6.07, 6.45) is 11.8. The molecule has 4 aliphatic carbocycles. The number of fused-ring (bicyclic) bond motifs is 5. The number of carbonyl (C=O) groups is 2. The number of alkyl halides is 1. The van der Waals surface area contributed by atoms with Crippen molar-refractivity contribution in [2.45, 2.75) is 109 Å². The molecule has 230 valence electrons. The lowest BCUT2D eigenvalue weighted by Crippen LogP contribution is -2.63. The highest BCUT2D eigenvalue weighted by atomic mass is 35.5. The number of rotatable bonds is 7. The van der Waals surface area contributed by atoms with Gasteiger partial charge in [0, 0.05) is 18.6 Å². The van der Waals surface area contributed by atoms with Crippen molar-refractivity contribution in [3.05, 3.63) is 39.9 Å². The summed E-state index contributed by atoms with van der Waals surface area (Å²) in [5.74, 6) is 3.46. The monoisotopic (exact) mass is 599 g/mol. The number of aliphatic hydroxyl groups excluding tert-OH is 1. The highest BCUT2D eigenvalue weighted by Crippen LogP contribution is 2.68. The standard InChI is InChI=1S/C33H46ClN3O5/c1-19(4-13-28(39)35-36-30(29(34)31(36)40)20-5-8-22(9-6-20)37(41)42)25-11-12-26-24-10-7-21-18-23(38)14-16-32(21,2)27(24)15-17-33(25,26)3/h5-6,8-9,19,21,23-27,29-30,38H,4,7,10-18H2,1-3H3,(H,35,39)/t19-,21+,23-,24+,25-,26+,27+,29-,30-,32+,33-/m1/s1. The summed E-state index contributed by atoms with van der Waals surface area (Å²) in [5.41, 5.74) is 4.09. The number of nitro groups is 1. The molecule has 1 saturated heterocycles. The van der Waals surface area contributed by atoms with Crippen molar-refractivity contribution in [1.82, 2.24) is 10.4 Å². The molecule has 8 nitrogen and oxygen atoms in total. The Morgan fingerprint density at radius 3 is 2.50 bits per heavy atom. The van der Waals surface area contributed by atoms with Crippen LogP contribution in [-0.4, -0.2) is 38.3 Å². The van der Waals surface area contributed by atoms with E-state index < -0.39 is 16.3 Å². The number of nitrogens with one attached hydrogen (secondary N) is 1. The largest absolute Gasteiger partial charge is 0.393 e. The third kappa shape index (κ3) is 4.85. The second kappa shape index (κ2) is 11.1. The molecule has 0 radical (unpaired) electrons. The van der Waals surface area contributed by atoms with Gasteiger partial charge in [-0.3, -0.25) is 25.1 Å². The lowest BCUT2D eigenvalue weighted by molar-refractivity contribution is -0.384. The first kappa shape index (κ1) is 29.9. The average molecular weight is 600 g/mol. The number of nitro benzene ring substituents is 1. The van der Waals surface area contributed by atoms with Crippen LogP contribution in [0.4, 0.5) is 5.69 Å². The second-order valence-electron chi connectivity index (χ2n) is 14.8. The summed E-state index contributed by atoms with van der Waals surface area (Å²) in [4.78, 5) is 36.1. The van der Waals surface area contributed by atoms with E-state index in [1.807, 2.05) is 0 Å².